The van der Waals surface area contributed by atoms with Crippen LogP contribution in [0.4, 0.5) is 11.4 Å². The molecular weight excluding hydrogens is 470 g/mol. The van der Waals surface area contributed by atoms with Gasteiger partial charge in [-0.2, -0.15) is 5.10 Å². The van der Waals surface area contributed by atoms with E-state index in [9.17, 15) is 9.59 Å². The van der Waals surface area contributed by atoms with E-state index in [0.717, 1.165) is 42.0 Å². The summed E-state index contributed by atoms with van der Waals surface area (Å²) in [6.45, 7) is 9.12. The molecule has 0 radical (unpaired) electrons. The molecule has 1 saturated heterocycles. The quantitative estimate of drug-likeness (QED) is 0.516. The molecule has 0 amide bonds. The first-order chi connectivity index (χ1) is 15.3. The van der Waals surface area contributed by atoms with Crippen molar-refractivity contribution in [3.63, 3.8) is 0 Å². The normalized spacial score (nSPS) is 15.3. The van der Waals surface area contributed by atoms with Crippen LogP contribution in [0.2, 0.25) is 0 Å². The molecule has 1 aliphatic rings. The number of nitrogens with zero attached hydrogens (tertiary/aromatic N) is 5. The number of carbonyl (C=O) groups excluding carboxylic acids is 1. The van der Waals surface area contributed by atoms with E-state index in [4.69, 9.17) is 0 Å². The fraction of sp³-hybridized carbons (Fsp3) is 0.375. The monoisotopic (exact) mass is 497 g/mol. The average Bonchev–Trinajstić information content (AvgIpc) is 3.15. The molecule has 168 valence electrons. The first-order valence-corrected chi connectivity index (χ1v) is 11.7. The second-order valence-electron chi connectivity index (χ2n) is 8.49. The maximum absolute atomic E-state index is 12.9. The highest BCUT2D eigenvalue weighted by Gasteiger charge is 2.25. The molecule has 4 rings (SSSR count). The average molecular weight is 498 g/mol. The van der Waals surface area contributed by atoms with Gasteiger partial charge in [0, 0.05) is 42.0 Å². The van der Waals surface area contributed by atoms with Crippen LogP contribution in [0.15, 0.2) is 64.1 Å². The Morgan fingerprint density at radius 3 is 1.81 bits per heavy atom. The maximum atomic E-state index is 12.9. The second kappa shape index (κ2) is 9.32. The number of hydrogen-bond acceptors (Lipinski definition) is 5. The molecule has 1 unspecified atom stereocenters. The van der Waals surface area contributed by atoms with Crippen LogP contribution < -0.4 is 15.5 Å². The Morgan fingerprint density at radius 2 is 1.34 bits per heavy atom. The Bertz CT molecular complexity index is 1130. The van der Waals surface area contributed by atoms with E-state index >= 15 is 0 Å². The zero-order valence-corrected chi connectivity index (χ0v) is 20.2. The van der Waals surface area contributed by atoms with E-state index < -0.39 is 6.04 Å². The van der Waals surface area contributed by atoms with Gasteiger partial charge >= 0.3 is 5.69 Å². The number of rotatable bonds is 6. The summed E-state index contributed by atoms with van der Waals surface area (Å²) in [4.78, 5) is 29.7. The van der Waals surface area contributed by atoms with Crippen molar-refractivity contribution in [2.75, 3.05) is 36.0 Å². The van der Waals surface area contributed by atoms with E-state index in [1.54, 1.807) is 0 Å². The lowest BCUT2D eigenvalue weighted by Gasteiger charge is -2.37. The fourth-order valence-electron chi connectivity index (χ4n) is 4.31. The third kappa shape index (κ3) is 4.50. The predicted octanol–water partition coefficient (Wildman–Crippen LogP) is 3.91. The van der Waals surface area contributed by atoms with Crippen molar-refractivity contribution < 1.29 is 4.79 Å². The van der Waals surface area contributed by atoms with Crippen LogP contribution in [-0.4, -0.2) is 46.3 Å². The summed E-state index contributed by atoms with van der Waals surface area (Å²) in [7, 11) is 0. The summed E-state index contributed by atoms with van der Waals surface area (Å²) >= 11 is 3.49. The van der Waals surface area contributed by atoms with Crippen molar-refractivity contribution in [3.05, 3.63) is 69.8 Å². The molecule has 3 aromatic rings. The summed E-state index contributed by atoms with van der Waals surface area (Å²) in [5.74, 6) is -0.0722. The van der Waals surface area contributed by atoms with Crippen molar-refractivity contribution in [2.24, 2.45) is 5.92 Å². The summed E-state index contributed by atoms with van der Waals surface area (Å²) in [5.41, 5.74) is 2.82. The molecule has 8 heteroatoms. The molecule has 1 fully saturated rings. The lowest BCUT2D eigenvalue weighted by Crippen LogP contribution is -2.46. The van der Waals surface area contributed by atoms with Crippen molar-refractivity contribution in [3.8, 4) is 5.69 Å². The number of benzene rings is 2. The number of ketones is 1. The third-order valence-corrected chi connectivity index (χ3v) is 6.50. The van der Waals surface area contributed by atoms with Crippen LogP contribution in [0.5, 0.6) is 0 Å². The second-order valence-corrected chi connectivity index (χ2v) is 9.41. The topological polar surface area (TPSA) is 63.4 Å². The van der Waals surface area contributed by atoms with Crippen LogP contribution in [0.1, 0.15) is 26.8 Å². The van der Waals surface area contributed by atoms with Crippen molar-refractivity contribution >= 4 is 33.1 Å². The number of aromatic nitrogens is 3. The molecule has 0 bridgehead atoms. The first kappa shape index (κ1) is 22.3. The summed E-state index contributed by atoms with van der Waals surface area (Å²) < 4.78 is 3.88. The minimum Gasteiger partial charge on any atom is -0.368 e. The van der Waals surface area contributed by atoms with E-state index in [0.29, 0.717) is 0 Å². The molecule has 0 saturated carbocycles. The lowest BCUT2D eigenvalue weighted by molar-refractivity contribution is -0.121. The Kier molecular flexibility index (Phi) is 6.50. The van der Waals surface area contributed by atoms with Gasteiger partial charge < -0.3 is 9.80 Å². The zero-order valence-electron chi connectivity index (χ0n) is 18.6. The standard InChI is InChI=1S/C24H28BrN5O2/c1-17(2)23(18(3)31)30-24(32)29(16-26-30)22-10-8-21(9-11-22)28-14-12-27(13-15-28)20-6-4-19(25)5-7-20/h4-11,16-17,23H,12-15H2,1-3H3. The lowest BCUT2D eigenvalue weighted by atomic mass is 10.0. The van der Waals surface area contributed by atoms with Gasteiger partial charge in [0.2, 0.25) is 0 Å². The smallest absolute Gasteiger partial charge is 0.351 e. The predicted molar refractivity (Wildman–Crippen MR) is 131 cm³/mol. The maximum Gasteiger partial charge on any atom is 0.351 e. The number of piperazine rings is 1. The Balaban J connectivity index is 1.46. The first-order valence-electron chi connectivity index (χ1n) is 10.9. The van der Waals surface area contributed by atoms with Gasteiger partial charge in [-0.25, -0.2) is 14.0 Å². The summed E-state index contributed by atoms with van der Waals surface area (Å²) in [6.07, 6.45) is 1.49. The largest absolute Gasteiger partial charge is 0.368 e. The Hall–Kier alpha value is -2.87. The Labute approximate surface area is 196 Å². The number of carbonyl (C=O) groups is 1. The molecule has 0 aliphatic carbocycles. The highest BCUT2D eigenvalue weighted by Crippen LogP contribution is 2.23. The molecular formula is C24H28BrN5O2. The summed E-state index contributed by atoms with van der Waals surface area (Å²) in [5, 5.41) is 4.22. The van der Waals surface area contributed by atoms with Gasteiger partial charge in [0.25, 0.3) is 0 Å². The van der Waals surface area contributed by atoms with Crippen molar-refractivity contribution in [2.45, 2.75) is 26.8 Å². The van der Waals surface area contributed by atoms with Gasteiger partial charge in [-0.05, 0) is 61.4 Å². The van der Waals surface area contributed by atoms with Gasteiger partial charge in [0.15, 0.2) is 5.78 Å². The minimum atomic E-state index is -0.551. The van der Waals surface area contributed by atoms with E-state index in [-0.39, 0.29) is 17.4 Å². The van der Waals surface area contributed by atoms with Crippen molar-refractivity contribution in [1.82, 2.24) is 14.3 Å². The van der Waals surface area contributed by atoms with Gasteiger partial charge in [-0.3, -0.25) is 4.79 Å². The zero-order chi connectivity index (χ0) is 22.8. The highest BCUT2D eigenvalue weighted by molar-refractivity contribution is 9.10. The van der Waals surface area contributed by atoms with Crippen molar-refractivity contribution in [1.29, 1.82) is 0 Å². The van der Waals surface area contributed by atoms with E-state index in [1.807, 2.05) is 38.1 Å². The molecule has 32 heavy (non-hydrogen) atoms. The molecule has 0 N–H and O–H groups in total. The number of anilines is 2. The van der Waals surface area contributed by atoms with E-state index in [1.165, 1.54) is 28.2 Å². The Morgan fingerprint density at radius 1 is 0.875 bits per heavy atom. The fourth-order valence-corrected chi connectivity index (χ4v) is 4.57. The minimum absolute atomic E-state index is 0.00740. The molecule has 2 heterocycles. The number of hydrogen-bond donors (Lipinski definition) is 0. The summed E-state index contributed by atoms with van der Waals surface area (Å²) in [6, 6.07) is 15.8. The molecule has 1 atom stereocenters. The molecule has 7 nitrogen and oxygen atoms in total. The van der Waals surface area contributed by atoms with Gasteiger partial charge in [0.05, 0.1) is 5.69 Å². The molecule has 1 aliphatic heterocycles. The van der Waals surface area contributed by atoms with Gasteiger partial charge in [-0.1, -0.05) is 29.8 Å². The highest BCUT2D eigenvalue weighted by atomic mass is 79.9. The number of Topliss-reactive ketones (excluding diaryl/α,β-unsaturated/α-hetero) is 1. The van der Waals surface area contributed by atoms with Gasteiger partial charge in [0.1, 0.15) is 12.4 Å². The third-order valence-electron chi connectivity index (χ3n) is 5.97. The molecule has 1 aromatic heterocycles. The van der Waals surface area contributed by atoms with Crippen LogP contribution >= 0.6 is 15.9 Å². The van der Waals surface area contributed by atoms with Crippen LogP contribution in [0.3, 0.4) is 0 Å². The number of halogens is 1. The van der Waals surface area contributed by atoms with Crippen LogP contribution in [-0.2, 0) is 4.79 Å². The van der Waals surface area contributed by atoms with Crippen LogP contribution in [0.25, 0.3) is 5.69 Å². The molecule has 0 spiro atoms. The van der Waals surface area contributed by atoms with Gasteiger partial charge in [-0.15, -0.1) is 0 Å². The van der Waals surface area contributed by atoms with E-state index in [2.05, 4.69) is 55.1 Å². The van der Waals surface area contributed by atoms with Crippen LogP contribution in [0, 0.1) is 5.92 Å². The molecule has 2 aromatic carbocycles. The SMILES string of the molecule is CC(=O)C(C(C)C)n1ncn(-c2ccc(N3CCN(c4ccc(Br)cc4)CC3)cc2)c1=O.